The van der Waals surface area contributed by atoms with Gasteiger partial charge in [-0.3, -0.25) is 13.9 Å². The number of nitrogens with one attached hydrogen (secondary N) is 1. The van der Waals surface area contributed by atoms with Crippen LogP contribution in [0.25, 0.3) is 0 Å². The van der Waals surface area contributed by atoms with Crippen molar-refractivity contribution in [3.63, 3.8) is 0 Å². The SMILES string of the molecule is CCNC(=O)[C@@H](CC)N(Cc1c(Cl)cccc1Cl)C(=O)CN(c1ccc(Br)c(C)c1)S(C)(=O)=O. The number of carbonyl (C=O) groups excluding carboxylic acids is 2. The lowest BCUT2D eigenvalue weighted by Gasteiger charge is -2.33. The largest absolute Gasteiger partial charge is 0.355 e. The normalized spacial score (nSPS) is 12.2. The van der Waals surface area contributed by atoms with E-state index in [9.17, 15) is 18.0 Å². The molecule has 0 aliphatic rings. The summed E-state index contributed by atoms with van der Waals surface area (Å²) in [5.41, 5.74) is 1.64. The molecule has 0 aliphatic heterocycles. The fourth-order valence-electron chi connectivity index (χ4n) is 3.46. The Morgan fingerprint density at radius 1 is 1.12 bits per heavy atom. The number of likely N-dealkylation sites (N-methyl/N-ethyl adjacent to an activating group) is 1. The number of aryl methyl sites for hydroxylation is 1. The molecule has 2 amide bonds. The van der Waals surface area contributed by atoms with Crippen LogP contribution in [0.2, 0.25) is 10.0 Å². The van der Waals surface area contributed by atoms with Gasteiger partial charge in [0.05, 0.1) is 11.9 Å². The number of carbonyl (C=O) groups is 2. The highest BCUT2D eigenvalue weighted by Crippen LogP contribution is 2.28. The molecule has 2 aromatic rings. The van der Waals surface area contributed by atoms with Crippen LogP contribution >= 0.6 is 39.1 Å². The maximum absolute atomic E-state index is 13.6. The number of sulfonamides is 1. The fraction of sp³-hybridized carbons (Fsp3) is 0.391. The Hall–Kier alpha value is -1.81. The van der Waals surface area contributed by atoms with Gasteiger partial charge in [-0.25, -0.2) is 8.42 Å². The Morgan fingerprint density at radius 2 is 1.74 bits per heavy atom. The zero-order valence-electron chi connectivity index (χ0n) is 19.4. The molecule has 0 saturated heterocycles. The third-order valence-corrected chi connectivity index (χ3v) is 7.97. The van der Waals surface area contributed by atoms with Gasteiger partial charge >= 0.3 is 0 Å². The molecule has 11 heteroatoms. The van der Waals surface area contributed by atoms with Crippen molar-refractivity contribution in [2.75, 3.05) is 23.7 Å². The molecule has 0 aromatic heterocycles. The highest BCUT2D eigenvalue weighted by molar-refractivity contribution is 9.10. The average molecular weight is 593 g/mol. The van der Waals surface area contributed by atoms with E-state index in [4.69, 9.17) is 23.2 Å². The predicted octanol–water partition coefficient (Wildman–Crippen LogP) is 4.77. The van der Waals surface area contributed by atoms with E-state index >= 15 is 0 Å². The standard InChI is InChI=1S/C23H28BrCl2N3O4S/c1-5-21(23(31)27-6-2)28(13-17-19(25)8-7-9-20(17)26)22(30)14-29(34(4,32)33)16-10-11-18(24)15(3)12-16/h7-12,21H,5-6,13-14H2,1-4H3,(H,27,31)/t21-/m1/s1. The van der Waals surface area contributed by atoms with Crippen molar-refractivity contribution < 1.29 is 18.0 Å². The van der Waals surface area contributed by atoms with Crippen LogP contribution in [0.15, 0.2) is 40.9 Å². The molecular formula is C23H28BrCl2N3O4S. The van der Waals surface area contributed by atoms with Gasteiger partial charge in [-0.1, -0.05) is 52.1 Å². The Kier molecular flexibility index (Phi) is 10.2. The van der Waals surface area contributed by atoms with E-state index in [1.54, 1.807) is 50.2 Å². The summed E-state index contributed by atoms with van der Waals surface area (Å²) in [5.74, 6) is -0.896. The van der Waals surface area contributed by atoms with Gasteiger partial charge in [0, 0.05) is 33.2 Å². The first-order valence-electron chi connectivity index (χ1n) is 10.6. The molecule has 0 fully saturated rings. The van der Waals surface area contributed by atoms with Crippen LogP contribution < -0.4 is 9.62 Å². The van der Waals surface area contributed by atoms with Crippen molar-refractivity contribution in [2.24, 2.45) is 0 Å². The third kappa shape index (κ3) is 7.10. The van der Waals surface area contributed by atoms with Crippen molar-refractivity contribution in [3.05, 3.63) is 62.0 Å². The molecule has 186 valence electrons. The van der Waals surface area contributed by atoms with Crippen LogP contribution in [0.4, 0.5) is 5.69 Å². The molecule has 34 heavy (non-hydrogen) atoms. The highest BCUT2D eigenvalue weighted by Gasteiger charge is 2.32. The van der Waals surface area contributed by atoms with E-state index in [1.807, 2.05) is 6.92 Å². The minimum atomic E-state index is -3.81. The zero-order chi connectivity index (χ0) is 25.6. The molecule has 7 nitrogen and oxygen atoms in total. The molecule has 0 unspecified atom stereocenters. The number of nitrogens with zero attached hydrogens (tertiary/aromatic N) is 2. The molecular weight excluding hydrogens is 565 g/mol. The molecule has 0 radical (unpaired) electrons. The van der Waals surface area contributed by atoms with Gasteiger partial charge in [-0.05, 0) is 56.2 Å². The monoisotopic (exact) mass is 591 g/mol. The second-order valence-electron chi connectivity index (χ2n) is 7.74. The van der Waals surface area contributed by atoms with E-state index in [0.29, 0.717) is 34.3 Å². The lowest BCUT2D eigenvalue weighted by molar-refractivity contribution is -0.140. The number of anilines is 1. The summed E-state index contributed by atoms with van der Waals surface area (Å²) in [4.78, 5) is 27.7. The van der Waals surface area contributed by atoms with Crippen LogP contribution in [-0.4, -0.2) is 50.5 Å². The summed E-state index contributed by atoms with van der Waals surface area (Å²) >= 11 is 16.1. The summed E-state index contributed by atoms with van der Waals surface area (Å²) in [6, 6.07) is 9.14. The van der Waals surface area contributed by atoms with Crippen LogP contribution in [-0.2, 0) is 26.2 Å². The van der Waals surface area contributed by atoms with Gasteiger partial charge in [-0.15, -0.1) is 0 Å². The van der Waals surface area contributed by atoms with Crippen LogP contribution in [0, 0.1) is 6.92 Å². The first-order valence-corrected chi connectivity index (χ1v) is 14.0. The van der Waals surface area contributed by atoms with E-state index in [0.717, 1.165) is 20.6 Å². The van der Waals surface area contributed by atoms with Gasteiger partial charge in [-0.2, -0.15) is 0 Å². The van der Waals surface area contributed by atoms with Crippen molar-refractivity contribution in [2.45, 2.75) is 39.8 Å². The molecule has 0 spiro atoms. The van der Waals surface area contributed by atoms with Gasteiger partial charge in [0.15, 0.2) is 0 Å². The van der Waals surface area contributed by atoms with Crippen molar-refractivity contribution >= 4 is 66.7 Å². The van der Waals surface area contributed by atoms with Crippen LogP contribution in [0.5, 0.6) is 0 Å². The Morgan fingerprint density at radius 3 is 2.24 bits per heavy atom. The Labute approximate surface area is 219 Å². The van der Waals surface area contributed by atoms with E-state index < -0.39 is 28.5 Å². The number of hydrogen-bond donors (Lipinski definition) is 1. The minimum absolute atomic E-state index is 0.0516. The van der Waals surface area contributed by atoms with Crippen molar-refractivity contribution in [3.8, 4) is 0 Å². The van der Waals surface area contributed by atoms with Gasteiger partial charge in [0.1, 0.15) is 12.6 Å². The summed E-state index contributed by atoms with van der Waals surface area (Å²) in [5, 5.41) is 3.43. The van der Waals surface area contributed by atoms with Gasteiger partial charge in [0.25, 0.3) is 0 Å². The first kappa shape index (κ1) is 28.4. The summed E-state index contributed by atoms with van der Waals surface area (Å²) < 4.78 is 27.1. The molecule has 1 atom stereocenters. The molecule has 2 aromatic carbocycles. The fourth-order valence-corrected chi connectivity index (χ4v) is 5.07. The topological polar surface area (TPSA) is 86.8 Å². The predicted molar refractivity (Wildman–Crippen MR) is 141 cm³/mol. The van der Waals surface area contributed by atoms with Crippen LogP contribution in [0.3, 0.4) is 0 Å². The molecule has 0 aliphatic carbocycles. The van der Waals surface area contributed by atoms with Crippen LogP contribution in [0.1, 0.15) is 31.4 Å². The summed E-state index contributed by atoms with van der Waals surface area (Å²) in [7, 11) is -3.81. The molecule has 2 rings (SSSR count). The molecule has 1 N–H and O–H groups in total. The quantitative estimate of drug-likeness (QED) is 0.430. The highest BCUT2D eigenvalue weighted by atomic mass is 79.9. The zero-order valence-corrected chi connectivity index (χ0v) is 23.4. The molecule has 0 saturated carbocycles. The number of amides is 2. The number of rotatable bonds is 10. The first-order chi connectivity index (χ1) is 15.9. The average Bonchev–Trinajstić information content (AvgIpc) is 2.75. The number of benzene rings is 2. The lowest BCUT2D eigenvalue weighted by Crippen LogP contribution is -2.52. The second-order valence-corrected chi connectivity index (χ2v) is 11.3. The number of hydrogen-bond acceptors (Lipinski definition) is 4. The second kappa shape index (κ2) is 12.2. The smallest absolute Gasteiger partial charge is 0.244 e. The maximum Gasteiger partial charge on any atom is 0.244 e. The minimum Gasteiger partial charge on any atom is -0.355 e. The summed E-state index contributed by atoms with van der Waals surface area (Å²) in [6.07, 6.45) is 1.35. The van der Waals surface area contributed by atoms with E-state index in [-0.39, 0.29) is 12.5 Å². The number of halogens is 3. The van der Waals surface area contributed by atoms with E-state index in [2.05, 4.69) is 21.2 Å². The Bertz CT molecular complexity index is 1140. The lowest BCUT2D eigenvalue weighted by atomic mass is 10.1. The van der Waals surface area contributed by atoms with Gasteiger partial charge < -0.3 is 10.2 Å². The Balaban J connectivity index is 2.51. The maximum atomic E-state index is 13.6. The molecule has 0 bridgehead atoms. The van der Waals surface area contributed by atoms with Crippen molar-refractivity contribution in [1.29, 1.82) is 0 Å². The summed E-state index contributed by atoms with van der Waals surface area (Å²) in [6.45, 7) is 5.23. The van der Waals surface area contributed by atoms with Crippen molar-refractivity contribution in [1.82, 2.24) is 10.2 Å². The molecule has 0 heterocycles. The third-order valence-electron chi connectivity index (χ3n) is 5.24. The van der Waals surface area contributed by atoms with E-state index in [1.165, 1.54) is 4.90 Å². The van der Waals surface area contributed by atoms with Gasteiger partial charge in [0.2, 0.25) is 21.8 Å².